The summed E-state index contributed by atoms with van der Waals surface area (Å²) in [6.07, 6.45) is 0. The lowest BCUT2D eigenvalue weighted by Gasteiger charge is -2.02. The Labute approximate surface area is 110 Å². The Hall–Kier alpha value is -1.61. The number of carbonyl (C=O) groups is 1. The maximum atomic E-state index is 11.6. The largest absolute Gasteiger partial charge is 0.481 e. The molecule has 2 rings (SSSR count). The molecule has 0 aliphatic carbocycles. The van der Waals surface area contributed by atoms with E-state index in [-0.39, 0.29) is 11.4 Å². The molecular weight excluding hydrogens is 276 g/mol. The Morgan fingerprint density at radius 1 is 1.67 bits per heavy atom. The average Bonchev–Trinajstić information content (AvgIpc) is 2.86. The summed E-state index contributed by atoms with van der Waals surface area (Å²) in [6.45, 7) is 2.22. The zero-order valence-electron chi connectivity index (χ0n) is 9.41. The first-order valence-electron chi connectivity index (χ1n) is 4.96. The number of aromatic nitrogens is 4. The van der Waals surface area contributed by atoms with E-state index in [9.17, 15) is 9.59 Å². The third-order valence-corrected chi connectivity index (χ3v) is 4.08. The van der Waals surface area contributed by atoms with Gasteiger partial charge in [-0.25, -0.2) is 14.9 Å². The number of carboxylic acid groups (broad SMARTS) is 1. The second kappa shape index (κ2) is 5.36. The molecule has 2 aromatic heterocycles. The number of rotatable bonds is 5. The molecule has 7 nitrogen and oxygen atoms in total. The Kier molecular flexibility index (Phi) is 3.82. The highest BCUT2D eigenvalue weighted by molar-refractivity contribution is 7.99. The Balaban J connectivity index is 2.22. The second-order valence-electron chi connectivity index (χ2n) is 3.44. The monoisotopic (exact) mass is 286 g/mol. The van der Waals surface area contributed by atoms with Gasteiger partial charge in [-0.2, -0.15) is 0 Å². The van der Waals surface area contributed by atoms with Crippen LogP contribution in [0.1, 0.15) is 10.6 Å². The molecule has 0 spiro atoms. The van der Waals surface area contributed by atoms with Gasteiger partial charge in [-0.3, -0.25) is 9.36 Å². The van der Waals surface area contributed by atoms with E-state index < -0.39 is 5.97 Å². The predicted molar refractivity (Wildman–Crippen MR) is 67.2 cm³/mol. The van der Waals surface area contributed by atoms with Crippen LogP contribution in [0.3, 0.4) is 0 Å². The summed E-state index contributed by atoms with van der Waals surface area (Å²) < 4.78 is 1.41. The fourth-order valence-corrected chi connectivity index (χ4v) is 2.73. The van der Waals surface area contributed by atoms with Crippen LogP contribution in [0, 0.1) is 6.92 Å². The topological polar surface area (TPSA) is 101 Å². The van der Waals surface area contributed by atoms with Crippen LogP contribution in [-0.4, -0.2) is 36.6 Å². The number of carboxylic acids is 1. The zero-order valence-corrected chi connectivity index (χ0v) is 11.0. The van der Waals surface area contributed by atoms with E-state index in [1.54, 1.807) is 5.51 Å². The summed E-state index contributed by atoms with van der Waals surface area (Å²) >= 11 is 2.46. The van der Waals surface area contributed by atoms with Crippen molar-refractivity contribution in [3.05, 3.63) is 26.6 Å². The van der Waals surface area contributed by atoms with E-state index in [4.69, 9.17) is 5.11 Å². The maximum absolute atomic E-state index is 11.6. The van der Waals surface area contributed by atoms with Crippen molar-refractivity contribution < 1.29 is 9.90 Å². The molecule has 18 heavy (non-hydrogen) atoms. The SMILES string of the molecule is Cc1ncsc1Cn1c(SCC(=O)O)n[nH]c1=O. The fourth-order valence-electron chi connectivity index (χ4n) is 1.30. The summed E-state index contributed by atoms with van der Waals surface area (Å²) in [5.41, 5.74) is 2.22. The molecule has 0 saturated carbocycles. The quantitative estimate of drug-likeness (QED) is 0.779. The minimum atomic E-state index is -0.948. The molecule has 0 saturated heterocycles. The van der Waals surface area contributed by atoms with Crippen molar-refractivity contribution in [2.75, 3.05) is 5.75 Å². The molecule has 0 fully saturated rings. The second-order valence-corrected chi connectivity index (χ2v) is 5.32. The van der Waals surface area contributed by atoms with Crippen LogP contribution in [0.15, 0.2) is 15.5 Å². The first kappa shape index (κ1) is 12.8. The van der Waals surface area contributed by atoms with Crippen molar-refractivity contribution in [2.45, 2.75) is 18.6 Å². The highest BCUT2D eigenvalue weighted by atomic mass is 32.2. The van der Waals surface area contributed by atoms with Gasteiger partial charge in [0, 0.05) is 4.88 Å². The van der Waals surface area contributed by atoms with Gasteiger partial charge in [0.05, 0.1) is 23.5 Å². The van der Waals surface area contributed by atoms with Crippen molar-refractivity contribution in [3.8, 4) is 0 Å². The standard InChI is InChI=1S/C9H10N4O3S2/c1-5-6(18-4-10-5)2-13-8(16)11-12-9(13)17-3-7(14)15/h4H,2-3H2,1H3,(H,11,16)(H,14,15). The number of nitrogens with one attached hydrogen (secondary N) is 1. The number of hydrogen-bond donors (Lipinski definition) is 2. The molecule has 2 aromatic rings. The number of aromatic amines is 1. The molecule has 0 aliphatic heterocycles. The third-order valence-electron chi connectivity index (χ3n) is 2.19. The van der Waals surface area contributed by atoms with Gasteiger partial charge >= 0.3 is 11.7 Å². The van der Waals surface area contributed by atoms with Crippen molar-refractivity contribution >= 4 is 29.1 Å². The number of aryl methyl sites for hydroxylation is 1. The molecule has 2 N–H and O–H groups in total. The van der Waals surface area contributed by atoms with Gasteiger partial charge in [0.15, 0.2) is 5.16 Å². The van der Waals surface area contributed by atoms with Crippen molar-refractivity contribution in [3.63, 3.8) is 0 Å². The summed E-state index contributed by atoms with van der Waals surface area (Å²) in [5, 5.41) is 15.1. The lowest BCUT2D eigenvalue weighted by molar-refractivity contribution is -0.133. The minimum absolute atomic E-state index is 0.133. The highest BCUT2D eigenvalue weighted by Gasteiger charge is 2.13. The van der Waals surface area contributed by atoms with Crippen LogP contribution in [0.5, 0.6) is 0 Å². The van der Waals surface area contributed by atoms with E-state index in [0.29, 0.717) is 11.7 Å². The van der Waals surface area contributed by atoms with Crippen LogP contribution in [0.4, 0.5) is 0 Å². The predicted octanol–water partition coefficient (Wildman–Crippen LogP) is 0.561. The molecule has 0 amide bonds. The zero-order chi connectivity index (χ0) is 13.1. The Morgan fingerprint density at radius 2 is 2.44 bits per heavy atom. The number of nitrogens with zero attached hydrogens (tertiary/aromatic N) is 3. The van der Waals surface area contributed by atoms with E-state index >= 15 is 0 Å². The average molecular weight is 286 g/mol. The van der Waals surface area contributed by atoms with Crippen molar-refractivity contribution in [2.24, 2.45) is 0 Å². The van der Waals surface area contributed by atoms with Crippen molar-refractivity contribution in [1.29, 1.82) is 0 Å². The van der Waals surface area contributed by atoms with E-state index in [2.05, 4.69) is 15.2 Å². The Bertz CT molecular complexity index is 615. The molecule has 96 valence electrons. The molecule has 0 bridgehead atoms. The fraction of sp³-hybridized carbons (Fsp3) is 0.333. The molecule has 0 unspecified atom stereocenters. The highest BCUT2D eigenvalue weighted by Crippen LogP contribution is 2.17. The molecule has 0 radical (unpaired) electrons. The molecule has 0 atom stereocenters. The third kappa shape index (κ3) is 2.79. The van der Waals surface area contributed by atoms with Crippen LogP contribution >= 0.6 is 23.1 Å². The first-order valence-corrected chi connectivity index (χ1v) is 6.83. The molecule has 9 heteroatoms. The lowest BCUT2D eigenvalue weighted by Crippen LogP contribution is -2.18. The van der Waals surface area contributed by atoms with E-state index in [1.165, 1.54) is 15.9 Å². The van der Waals surface area contributed by atoms with Gasteiger partial charge in [0.2, 0.25) is 0 Å². The molecular formula is C9H10N4O3S2. The summed E-state index contributed by atoms with van der Waals surface area (Å²) in [4.78, 5) is 27.2. The number of hydrogen-bond acceptors (Lipinski definition) is 6. The summed E-state index contributed by atoms with van der Waals surface area (Å²) in [6, 6.07) is 0. The summed E-state index contributed by atoms with van der Waals surface area (Å²) in [7, 11) is 0. The number of thioether (sulfide) groups is 1. The van der Waals surface area contributed by atoms with Crippen LogP contribution in [0.25, 0.3) is 0 Å². The molecule has 0 aromatic carbocycles. The van der Waals surface area contributed by atoms with Gasteiger partial charge in [-0.15, -0.1) is 16.4 Å². The van der Waals surface area contributed by atoms with Gasteiger partial charge < -0.3 is 5.11 Å². The van der Waals surface area contributed by atoms with Crippen LogP contribution < -0.4 is 5.69 Å². The van der Waals surface area contributed by atoms with Gasteiger partial charge in [0.25, 0.3) is 0 Å². The van der Waals surface area contributed by atoms with Gasteiger partial charge in [-0.05, 0) is 6.92 Å². The summed E-state index contributed by atoms with van der Waals surface area (Å²) in [5.74, 6) is -1.08. The molecule has 0 aliphatic rings. The Morgan fingerprint density at radius 3 is 3.06 bits per heavy atom. The van der Waals surface area contributed by atoms with Gasteiger partial charge in [-0.1, -0.05) is 11.8 Å². The van der Waals surface area contributed by atoms with Crippen molar-refractivity contribution in [1.82, 2.24) is 19.7 Å². The molecule has 2 heterocycles. The van der Waals surface area contributed by atoms with E-state index in [1.807, 2.05) is 6.92 Å². The van der Waals surface area contributed by atoms with Gasteiger partial charge in [0.1, 0.15) is 0 Å². The number of thiazole rings is 1. The minimum Gasteiger partial charge on any atom is -0.481 e. The van der Waals surface area contributed by atoms with Crippen LogP contribution in [0.2, 0.25) is 0 Å². The number of H-pyrrole nitrogens is 1. The normalized spacial score (nSPS) is 10.7. The first-order chi connectivity index (χ1) is 8.58. The maximum Gasteiger partial charge on any atom is 0.344 e. The lowest BCUT2D eigenvalue weighted by atomic mass is 10.4. The number of aliphatic carboxylic acids is 1. The van der Waals surface area contributed by atoms with E-state index in [0.717, 1.165) is 22.3 Å². The smallest absolute Gasteiger partial charge is 0.344 e. The van der Waals surface area contributed by atoms with Crippen LogP contribution in [-0.2, 0) is 11.3 Å².